The normalized spacial score (nSPS) is 26.1. The van der Waals surface area contributed by atoms with E-state index < -0.39 is 0 Å². The molecular weight excluding hydrogens is 506 g/mol. The number of nitrogens with zero attached hydrogens (tertiary/aromatic N) is 1. The van der Waals surface area contributed by atoms with Gasteiger partial charge in [0.15, 0.2) is 6.29 Å². The van der Waals surface area contributed by atoms with Gasteiger partial charge in [-0.1, -0.05) is 66.7 Å². The molecule has 1 amide bonds. The minimum absolute atomic E-state index is 0.0729. The van der Waals surface area contributed by atoms with E-state index in [0.29, 0.717) is 19.8 Å². The number of rotatable bonds is 9. The Morgan fingerprint density at radius 1 is 0.875 bits per heavy atom. The highest BCUT2D eigenvalue weighted by Gasteiger charge is 2.50. The third-order valence-corrected chi connectivity index (χ3v) is 8.69. The van der Waals surface area contributed by atoms with E-state index in [0.717, 1.165) is 36.8 Å². The number of carbonyl (C=O) groups excluding carboxylic acids is 1. The largest absolute Gasteiger partial charge is 0.445 e. The summed E-state index contributed by atoms with van der Waals surface area (Å²) in [5, 5.41) is 0. The lowest BCUT2D eigenvalue weighted by atomic mass is 9.90. The topological polar surface area (TPSA) is 66.5 Å². The number of benzene rings is 2. The smallest absolute Gasteiger partial charge is 0.410 e. The van der Waals surface area contributed by atoms with Crippen LogP contribution in [0, 0.1) is 0 Å². The molecule has 0 N–H and O–H groups in total. The molecule has 0 spiro atoms. The Labute approximate surface area is 238 Å². The highest BCUT2D eigenvalue weighted by Crippen LogP contribution is 2.42. The minimum atomic E-state index is -0.346. The second kappa shape index (κ2) is 12.4. The van der Waals surface area contributed by atoms with Crippen LogP contribution in [-0.4, -0.2) is 59.9 Å². The fourth-order valence-electron chi connectivity index (χ4n) is 5.45. The third kappa shape index (κ3) is 6.77. The van der Waals surface area contributed by atoms with E-state index in [2.05, 4.69) is 45.9 Å². The maximum atomic E-state index is 13.2. The number of carbonyl (C=O) groups is 1. The van der Waals surface area contributed by atoms with Gasteiger partial charge in [0.05, 0.1) is 42.7 Å². The van der Waals surface area contributed by atoms with E-state index in [-0.39, 0.29) is 48.4 Å². The van der Waals surface area contributed by atoms with Crippen molar-refractivity contribution in [2.45, 2.75) is 102 Å². The van der Waals surface area contributed by atoms with Gasteiger partial charge in [0.1, 0.15) is 6.61 Å². The van der Waals surface area contributed by atoms with Crippen molar-refractivity contribution >= 4 is 6.09 Å². The van der Waals surface area contributed by atoms with E-state index in [1.807, 2.05) is 48.5 Å². The van der Waals surface area contributed by atoms with E-state index in [4.69, 9.17) is 23.7 Å². The SMILES string of the molecule is CC1(C)OC(C2=CCC(OC[C@H]3[C@H](OCc4ccccc4)CCN3C(=O)OCc3ccccc3)CC2)OC1(C)C. The predicted octanol–water partition coefficient (Wildman–Crippen LogP) is 6.41. The Kier molecular flexibility index (Phi) is 8.95. The molecule has 2 aromatic carbocycles. The fourth-order valence-corrected chi connectivity index (χ4v) is 5.45. The predicted molar refractivity (Wildman–Crippen MR) is 153 cm³/mol. The van der Waals surface area contributed by atoms with E-state index in [1.54, 1.807) is 4.90 Å². The molecule has 1 aliphatic carbocycles. The first-order valence-corrected chi connectivity index (χ1v) is 14.5. The highest BCUT2D eigenvalue weighted by molar-refractivity contribution is 5.68. The molecule has 2 fully saturated rings. The Morgan fingerprint density at radius 3 is 2.10 bits per heavy atom. The molecule has 3 aliphatic rings. The number of hydrogen-bond acceptors (Lipinski definition) is 6. The summed E-state index contributed by atoms with van der Waals surface area (Å²) in [6.07, 6.45) is 4.83. The molecule has 216 valence electrons. The van der Waals surface area contributed by atoms with Crippen LogP contribution in [0.2, 0.25) is 0 Å². The Morgan fingerprint density at radius 2 is 1.50 bits per heavy atom. The molecule has 5 rings (SSSR count). The lowest BCUT2D eigenvalue weighted by molar-refractivity contribution is -0.0665. The van der Waals surface area contributed by atoms with Crippen molar-refractivity contribution in [1.82, 2.24) is 4.90 Å². The van der Waals surface area contributed by atoms with Crippen molar-refractivity contribution in [2.75, 3.05) is 13.2 Å². The van der Waals surface area contributed by atoms with Gasteiger partial charge in [0.25, 0.3) is 0 Å². The van der Waals surface area contributed by atoms with Gasteiger partial charge in [-0.25, -0.2) is 4.79 Å². The Hall–Kier alpha value is -2.71. The van der Waals surface area contributed by atoms with Crippen molar-refractivity contribution in [3.05, 3.63) is 83.4 Å². The summed E-state index contributed by atoms with van der Waals surface area (Å²) < 4.78 is 30.9. The van der Waals surface area contributed by atoms with Crippen LogP contribution in [0.1, 0.15) is 64.5 Å². The van der Waals surface area contributed by atoms with Gasteiger partial charge in [-0.05, 0) is 70.1 Å². The van der Waals surface area contributed by atoms with E-state index >= 15 is 0 Å². The number of amides is 1. The van der Waals surface area contributed by atoms with Gasteiger partial charge in [0.2, 0.25) is 0 Å². The maximum absolute atomic E-state index is 13.2. The first kappa shape index (κ1) is 28.8. The first-order valence-electron chi connectivity index (χ1n) is 14.5. The molecule has 1 unspecified atom stereocenters. The second-order valence-corrected chi connectivity index (χ2v) is 12.0. The molecule has 3 atom stereocenters. The molecule has 2 aromatic rings. The monoisotopic (exact) mass is 549 g/mol. The highest BCUT2D eigenvalue weighted by atomic mass is 16.7. The number of ether oxygens (including phenoxy) is 5. The van der Waals surface area contributed by atoms with Gasteiger partial charge in [-0.15, -0.1) is 0 Å². The van der Waals surface area contributed by atoms with Crippen LogP contribution < -0.4 is 0 Å². The standard InChI is InChI=1S/C33H43NO6/c1-32(2)33(3,4)40-30(39-32)26-15-17-27(18-16-26)36-23-28-29(37-21-24-11-7-5-8-12-24)19-20-34(28)31(35)38-22-25-13-9-6-10-14-25/h5-15,27-30H,16-23H2,1-4H3/t27?,28-,29+/m0/s1. The van der Waals surface area contributed by atoms with Crippen LogP contribution in [0.5, 0.6) is 0 Å². The summed E-state index contributed by atoms with van der Waals surface area (Å²) in [6.45, 7) is 10.1. The van der Waals surface area contributed by atoms with Crippen molar-refractivity contribution in [3.63, 3.8) is 0 Å². The summed E-state index contributed by atoms with van der Waals surface area (Å²) in [4.78, 5) is 14.9. The number of hydrogen-bond donors (Lipinski definition) is 0. The third-order valence-electron chi connectivity index (χ3n) is 8.69. The van der Waals surface area contributed by atoms with Gasteiger partial charge in [0, 0.05) is 6.54 Å². The summed E-state index contributed by atoms with van der Waals surface area (Å²) in [5.74, 6) is 0. The van der Waals surface area contributed by atoms with Crippen LogP contribution in [0.3, 0.4) is 0 Å². The van der Waals surface area contributed by atoms with E-state index in [1.165, 1.54) is 5.57 Å². The molecular formula is C33H43NO6. The van der Waals surface area contributed by atoms with Crippen LogP contribution in [-0.2, 0) is 36.9 Å². The summed E-state index contributed by atoms with van der Waals surface area (Å²) in [7, 11) is 0. The Balaban J connectivity index is 1.19. The molecule has 0 aromatic heterocycles. The van der Waals surface area contributed by atoms with Gasteiger partial charge in [-0.3, -0.25) is 0 Å². The van der Waals surface area contributed by atoms with Crippen LogP contribution in [0.25, 0.3) is 0 Å². The Bertz CT molecular complexity index is 1130. The van der Waals surface area contributed by atoms with Crippen LogP contribution in [0.15, 0.2) is 72.3 Å². The second-order valence-electron chi connectivity index (χ2n) is 12.0. The van der Waals surface area contributed by atoms with E-state index in [9.17, 15) is 4.79 Å². The quantitative estimate of drug-likeness (QED) is 0.337. The molecule has 0 bridgehead atoms. The van der Waals surface area contributed by atoms with Gasteiger partial charge in [-0.2, -0.15) is 0 Å². The molecule has 2 saturated heterocycles. The molecule has 0 radical (unpaired) electrons. The average molecular weight is 550 g/mol. The maximum Gasteiger partial charge on any atom is 0.410 e. The van der Waals surface area contributed by atoms with Crippen LogP contribution >= 0.6 is 0 Å². The van der Waals surface area contributed by atoms with Crippen molar-refractivity contribution < 1.29 is 28.5 Å². The lowest BCUT2D eigenvalue weighted by Gasteiger charge is -2.31. The van der Waals surface area contributed by atoms with Crippen molar-refractivity contribution in [1.29, 1.82) is 0 Å². The first-order chi connectivity index (χ1) is 19.2. The zero-order valence-corrected chi connectivity index (χ0v) is 24.2. The van der Waals surface area contributed by atoms with Crippen LogP contribution in [0.4, 0.5) is 4.79 Å². The molecule has 2 aliphatic heterocycles. The molecule has 7 nitrogen and oxygen atoms in total. The summed E-state index contributed by atoms with van der Waals surface area (Å²) in [6, 6.07) is 19.7. The van der Waals surface area contributed by atoms with Gasteiger partial charge < -0.3 is 28.6 Å². The van der Waals surface area contributed by atoms with Gasteiger partial charge >= 0.3 is 6.09 Å². The molecule has 7 heteroatoms. The van der Waals surface area contributed by atoms with Crippen molar-refractivity contribution in [3.8, 4) is 0 Å². The zero-order chi connectivity index (χ0) is 28.2. The minimum Gasteiger partial charge on any atom is -0.445 e. The van der Waals surface area contributed by atoms with Crippen molar-refractivity contribution in [2.24, 2.45) is 0 Å². The number of likely N-dealkylation sites (tertiary alicyclic amines) is 1. The summed E-state index contributed by atoms with van der Waals surface area (Å²) in [5.41, 5.74) is 2.57. The molecule has 2 heterocycles. The lowest BCUT2D eigenvalue weighted by Crippen LogP contribution is -2.44. The summed E-state index contributed by atoms with van der Waals surface area (Å²) >= 11 is 0. The molecule has 40 heavy (non-hydrogen) atoms. The zero-order valence-electron chi connectivity index (χ0n) is 24.2. The fraction of sp³-hybridized carbons (Fsp3) is 0.545. The molecule has 0 saturated carbocycles. The average Bonchev–Trinajstić information content (AvgIpc) is 3.46.